The lowest BCUT2D eigenvalue weighted by atomic mass is 10.4. The van der Waals surface area contributed by atoms with E-state index < -0.39 is 5.97 Å². The molecule has 3 N–H and O–H groups in total. The van der Waals surface area contributed by atoms with Gasteiger partial charge >= 0.3 is 11.9 Å². The van der Waals surface area contributed by atoms with Crippen molar-refractivity contribution in [2.24, 2.45) is 5.73 Å². The molecule has 106 valence electrons. The van der Waals surface area contributed by atoms with Gasteiger partial charge in [0.05, 0.1) is 0 Å². The summed E-state index contributed by atoms with van der Waals surface area (Å²) in [6, 6.07) is 0. The first-order valence-corrected chi connectivity index (χ1v) is 5.21. The summed E-state index contributed by atoms with van der Waals surface area (Å²) < 4.78 is 4.70. The minimum Gasteiger partial charge on any atom is -0.478 e. The Kier molecular flexibility index (Phi) is 18.4. The smallest absolute Gasteiger partial charge is 0.330 e. The molecular weight excluding hydrogens is 236 g/mol. The van der Waals surface area contributed by atoms with Crippen LogP contribution in [-0.2, 0) is 14.3 Å². The van der Waals surface area contributed by atoms with Gasteiger partial charge in [-0.2, -0.15) is 0 Å². The predicted octanol–water partition coefficient (Wildman–Crippen LogP) is 0.499. The summed E-state index contributed by atoms with van der Waals surface area (Å²) in [6.45, 7) is 9.05. The molecule has 0 saturated heterocycles. The van der Waals surface area contributed by atoms with Crippen molar-refractivity contribution in [1.29, 1.82) is 0 Å². The number of aliphatic carboxylic acids is 1. The summed E-state index contributed by atoms with van der Waals surface area (Å²) in [5, 5.41) is 7.89. The number of esters is 1. The Morgan fingerprint density at radius 2 is 1.78 bits per heavy atom. The van der Waals surface area contributed by atoms with E-state index in [1.807, 2.05) is 19.0 Å². The van der Waals surface area contributed by atoms with Crippen LogP contribution in [0.1, 0.15) is 6.92 Å². The maximum Gasteiger partial charge on any atom is 0.330 e. The second kappa shape index (κ2) is 15.3. The Balaban J connectivity index is -0.000000241. The highest BCUT2D eigenvalue weighted by Crippen LogP contribution is 1.81. The van der Waals surface area contributed by atoms with Crippen molar-refractivity contribution in [2.75, 3.05) is 34.3 Å². The van der Waals surface area contributed by atoms with E-state index in [0.717, 1.165) is 12.6 Å². The molecule has 0 heterocycles. The molecule has 0 aliphatic carbocycles. The summed E-state index contributed by atoms with van der Waals surface area (Å²) in [5.74, 6) is -1.29. The first kappa shape index (κ1) is 21.6. The Labute approximate surface area is 109 Å². The molecule has 0 aromatic carbocycles. The maximum absolute atomic E-state index is 10.4. The number of carbonyl (C=O) groups is 2. The molecule has 0 bridgehead atoms. The summed E-state index contributed by atoms with van der Waals surface area (Å²) >= 11 is 0. The van der Waals surface area contributed by atoms with Crippen molar-refractivity contribution < 1.29 is 19.4 Å². The van der Waals surface area contributed by atoms with Crippen LogP contribution >= 0.6 is 0 Å². The third-order valence-electron chi connectivity index (χ3n) is 1.31. The topological polar surface area (TPSA) is 92.9 Å². The first-order chi connectivity index (χ1) is 8.31. The quantitative estimate of drug-likeness (QED) is 0.552. The standard InChI is InChI=1S/C7H13NO2.C4H6O2.CH5N/c1-4-7(9)10-6-5-8(2)3;1-3(2)4(5)6;1-2/h4H,1,5-6H2,2-3H3;1H2,2H3,(H,5,6);2H2,1H3. The van der Waals surface area contributed by atoms with Crippen LogP contribution in [0.25, 0.3) is 0 Å². The number of nitrogens with two attached hydrogens (primary N) is 1. The Morgan fingerprint density at radius 1 is 1.39 bits per heavy atom. The van der Waals surface area contributed by atoms with Crippen LogP contribution in [-0.4, -0.2) is 56.2 Å². The van der Waals surface area contributed by atoms with Crippen LogP contribution in [0.15, 0.2) is 24.8 Å². The van der Waals surface area contributed by atoms with Gasteiger partial charge in [0.1, 0.15) is 6.61 Å². The van der Waals surface area contributed by atoms with Crippen LogP contribution in [0.5, 0.6) is 0 Å². The third kappa shape index (κ3) is 23.9. The van der Waals surface area contributed by atoms with Crippen LogP contribution < -0.4 is 5.73 Å². The van der Waals surface area contributed by atoms with Gasteiger partial charge in [-0.05, 0) is 28.1 Å². The van der Waals surface area contributed by atoms with Crippen LogP contribution in [0, 0.1) is 0 Å². The minimum atomic E-state index is -0.935. The molecule has 0 atom stereocenters. The second-order valence-corrected chi connectivity index (χ2v) is 3.26. The van der Waals surface area contributed by atoms with E-state index in [0.29, 0.717) is 6.61 Å². The normalized spacial score (nSPS) is 8.11. The summed E-state index contributed by atoms with van der Waals surface area (Å²) in [6.07, 6.45) is 1.16. The minimum absolute atomic E-state index is 0.176. The molecule has 0 aliphatic rings. The van der Waals surface area contributed by atoms with E-state index in [1.165, 1.54) is 14.0 Å². The molecule has 6 heteroatoms. The predicted molar refractivity (Wildman–Crippen MR) is 72.3 cm³/mol. The molecule has 0 aliphatic heterocycles. The van der Waals surface area contributed by atoms with Gasteiger partial charge in [0, 0.05) is 18.2 Å². The number of ether oxygens (including phenoxy) is 1. The van der Waals surface area contributed by atoms with Gasteiger partial charge < -0.3 is 20.5 Å². The zero-order chi connectivity index (χ0) is 15.1. The van der Waals surface area contributed by atoms with Crippen molar-refractivity contribution in [1.82, 2.24) is 4.90 Å². The lowest BCUT2D eigenvalue weighted by molar-refractivity contribution is -0.138. The molecule has 0 unspecified atom stereocenters. The van der Waals surface area contributed by atoms with Gasteiger partial charge in [-0.1, -0.05) is 13.2 Å². The van der Waals surface area contributed by atoms with Crippen LogP contribution in [0.3, 0.4) is 0 Å². The van der Waals surface area contributed by atoms with Gasteiger partial charge in [-0.15, -0.1) is 0 Å². The summed E-state index contributed by atoms with van der Waals surface area (Å²) in [7, 11) is 5.34. The van der Waals surface area contributed by atoms with E-state index in [2.05, 4.69) is 18.9 Å². The average Bonchev–Trinajstić information content (AvgIpc) is 2.31. The lowest BCUT2D eigenvalue weighted by Crippen LogP contribution is -2.19. The van der Waals surface area contributed by atoms with Crippen molar-refractivity contribution in [3.63, 3.8) is 0 Å². The van der Waals surface area contributed by atoms with E-state index in [9.17, 15) is 9.59 Å². The fourth-order valence-electron chi connectivity index (χ4n) is 0.388. The van der Waals surface area contributed by atoms with Gasteiger partial charge in [-0.3, -0.25) is 0 Å². The fourth-order valence-corrected chi connectivity index (χ4v) is 0.388. The Morgan fingerprint density at radius 3 is 2.00 bits per heavy atom. The molecule has 0 amide bonds. The van der Waals surface area contributed by atoms with Crippen molar-refractivity contribution >= 4 is 11.9 Å². The molecule has 6 nitrogen and oxygen atoms in total. The molecular formula is C12H24N2O4. The Hall–Kier alpha value is -1.66. The monoisotopic (exact) mass is 260 g/mol. The van der Waals surface area contributed by atoms with Gasteiger partial charge in [0.2, 0.25) is 0 Å². The van der Waals surface area contributed by atoms with E-state index in [1.54, 1.807) is 0 Å². The highest BCUT2D eigenvalue weighted by Gasteiger charge is 1.94. The number of carbonyl (C=O) groups excluding carboxylic acids is 1. The molecule has 0 fully saturated rings. The van der Waals surface area contributed by atoms with Crippen molar-refractivity contribution in [3.8, 4) is 0 Å². The van der Waals surface area contributed by atoms with Crippen molar-refractivity contribution in [3.05, 3.63) is 24.8 Å². The zero-order valence-corrected chi connectivity index (χ0v) is 11.6. The third-order valence-corrected chi connectivity index (χ3v) is 1.31. The van der Waals surface area contributed by atoms with Crippen molar-refractivity contribution in [2.45, 2.75) is 6.92 Å². The highest BCUT2D eigenvalue weighted by atomic mass is 16.5. The number of hydrogen-bond donors (Lipinski definition) is 2. The molecule has 18 heavy (non-hydrogen) atoms. The average molecular weight is 260 g/mol. The molecule has 0 rings (SSSR count). The fraction of sp³-hybridized carbons (Fsp3) is 0.500. The maximum atomic E-state index is 10.4. The number of hydrogen-bond acceptors (Lipinski definition) is 5. The Bertz CT molecular complexity index is 251. The zero-order valence-electron chi connectivity index (χ0n) is 11.6. The highest BCUT2D eigenvalue weighted by molar-refractivity contribution is 5.84. The van der Waals surface area contributed by atoms with Gasteiger partial charge in [0.25, 0.3) is 0 Å². The lowest BCUT2D eigenvalue weighted by Gasteiger charge is -2.07. The van der Waals surface area contributed by atoms with Gasteiger partial charge in [-0.25, -0.2) is 9.59 Å². The summed E-state index contributed by atoms with van der Waals surface area (Å²) in [4.78, 5) is 22.0. The number of nitrogens with zero attached hydrogens (tertiary/aromatic N) is 1. The molecule has 0 aromatic heterocycles. The van der Waals surface area contributed by atoms with Crippen LogP contribution in [0.2, 0.25) is 0 Å². The number of carboxylic acid groups (broad SMARTS) is 1. The second-order valence-electron chi connectivity index (χ2n) is 3.26. The number of carboxylic acids is 1. The molecule has 0 radical (unpaired) electrons. The number of likely N-dealkylation sites (N-methyl/N-ethyl adjacent to an activating group) is 1. The molecule has 0 spiro atoms. The summed E-state index contributed by atoms with van der Waals surface area (Å²) in [5.41, 5.74) is 4.68. The SMILES string of the molecule is C=C(C)C(=O)O.C=CC(=O)OCCN(C)C.CN. The van der Waals surface area contributed by atoms with E-state index in [-0.39, 0.29) is 11.5 Å². The van der Waals surface area contributed by atoms with Gasteiger partial charge in [0.15, 0.2) is 0 Å². The van der Waals surface area contributed by atoms with E-state index in [4.69, 9.17) is 9.84 Å². The largest absolute Gasteiger partial charge is 0.478 e. The molecule has 0 saturated carbocycles. The number of rotatable bonds is 5. The first-order valence-electron chi connectivity index (χ1n) is 5.21. The van der Waals surface area contributed by atoms with E-state index >= 15 is 0 Å². The molecule has 0 aromatic rings. The van der Waals surface area contributed by atoms with Crippen LogP contribution in [0.4, 0.5) is 0 Å².